The Morgan fingerprint density at radius 2 is 1.33 bits per heavy atom. The topological polar surface area (TPSA) is 18.5 Å². The molecule has 2 saturated carbocycles. The van der Waals surface area contributed by atoms with Crippen molar-refractivity contribution < 1.29 is 27.0 Å². The van der Waals surface area contributed by atoms with E-state index in [1.807, 2.05) is 0 Å². The number of rotatable bonds is 6. The molecule has 3 aliphatic rings. The average molecular weight is 582 g/mol. The first-order valence-electron chi connectivity index (χ1n) is 12.6. The van der Waals surface area contributed by atoms with Crippen molar-refractivity contribution >= 4 is 22.6 Å². The minimum Gasteiger partial charge on any atom is -0.352 e. The Morgan fingerprint density at radius 1 is 0.848 bits per heavy atom. The summed E-state index contributed by atoms with van der Waals surface area (Å²) in [6, 6.07) is 2.24. The van der Waals surface area contributed by atoms with Crippen molar-refractivity contribution in [2.75, 3.05) is 13.2 Å². The molecular formula is C26H35F4IO2. The van der Waals surface area contributed by atoms with Gasteiger partial charge in [0, 0.05) is 34.4 Å². The minimum absolute atomic E-state index is 0.0404. The SMILES string of the molecule is CCCC1COC(C2CCC(C3CCC(c4cc(F)c(C(F)(F)I)c(F)c4)CC3)CC2)OC1. The number of ether oxygens (including phenoxy) is 2. The predicted octanol–water partition coefficient (Wildman–Crippen LogP) is 8.32. The summed E-state index contributed by atoms with van der Waals surface area (Å²) in [5.41, 5.74) is -0.617. The molecule has 0 radical (unpaired) electrons. The quantitative estimate of drug-likeness (QED) is 0.191. The lowest BCUT2D eigenvalue weighted by molar-refractivity contribution is -0.230. The van der Waals surface area contributed by atoms with Crippen molar-refractivity contribution in [2.45, 2.75) is 87.3 Å². The molecule has 2 nitrogen and oxygen atoms in total. The molecule has 7 heteroatoms. The van der Waals surface area contributed by atoms with E-state index in [0.29, 0.717) is 29.2 Å². The number of halogens is 5. The van der Waals surface area contributed by atoms with Gasteiger partial charge in [0.15, 0.2) is 6.29 Å². The second-order valence-corrected chi connectivity index (χ2v) is 11.7. The molecule has 1 aliphatic heterocycles. The molecule has 0 amide bonds. The molecular weight excluding hydrogens is 547 g/mol. The molecule has 0 bridgehead atoms. The molecule has 33 heavy (non-hydrogen) atoms. The van der Waals surface area contributed by atoms with Gasteiger partial charge in [0.25, 0.3) is 0 Å². The van der Waals surface area contributed by atoms with Crippen LogP contribution in [0.5, 0.6) is 0 Å². The standard InChI is InChI=1S/C26H35F4IO2/c1-2-3-16-14-32-25(33-15-16)20-10-8-18(9-11-20)17-4-6-19(7-5-17)21-12-22(27)24(23(28)13-21)26(29,30)31/h12-13,16-20,25H,2-11,14-15H2,1H3. The normalized spacial score (nSPS) is 33.8. The van der Waals surface area contributed by atoms with Crippen LogP contribution in [0.15, 0.2) is 12.1 Å². The first-order chi connectivity index (χ1) is 15.8. The molecule has 1 saturated heterocycles. The van der Waals surface area contributed by atoms with E-state index < -0.39 is 21.1 Å². The zero-order valence-electron chi connectivity index (χ0n) is 19.3. The fourth-order valence-electron chi connectivity index (χ4n) is 6.32. The Kier molecular flexibility index (Phi) is 8.64. The smallest absolute Gasteiger partial charge is 0.327 e. The lowest BCUT2D eigenvalue weighted by Crippen LogP contribution is -2.39. The third-order valence-electron chi connectivity index (χ3n) is 8.15. The molecule has 0 unspecified atom stereocenters. The van der Waals surface area contributed by atoms with Crippen molar-refractivity contribution in [1.29, 1.82) is 0 Å². The largest absolute Gasteiger partial charge is 0.352 e. The van der Waals surface area contributed by atoms with Crippen molar-refractivity contribution in [2.24, 2.45) is 23.7 Å². The van der Waals surface area contributed by atoms with Gasteiger partial charge in [0.1, 0.15) is 17.2 Å². The zero-order valence-corrected chi connectivity index (χ0v) is 21.5. The number of hydrogen-bond donors (Lipinski definition) is 0. The lowest BCUT2D eigenvalue weighted by Gasteiger charge is -2.41. The lowest BCUT2D eigenvalue weighted by atomic mass is 9.68. The van der Waals surface area contributed by atoms with Gasteiger partial charge in [-0.1, -0.05) is 13.3 Å². The Bertz CT molecular complexity index is 752. The van der Waals surface area contributed by atoms with E-state index in [9.17, 15) is 17.6 Å². The van der Waals surface area contributed by atoms with Crippen LogP contribution in [0.1, 0.15) is 88.2 Å². The molecule has 4 rings (SSSR count). The van der Waals surface area contributed by atoms with Gasteiger partial charge in [-0.25, -0.2) is 8.78 Å². The maximum absolute atomic E-state index is 14.2. The van der Waals surface area contributed by atoms with E-state index in [4.69, 9.17) is 9.47 Å². The number of benzene rings is 1. The summed E-state index contributed by atoms with van der Waals surface area (Å²) in [5.74, 6) is 0.105. The van der Waals surface area contributed by atoms with Crippen LogP contribution in [0, 0.1) is 35.3 Å². The first kappa shape index (κ1) is 25.7. The molecule has 2 aliphatic carbocycles. The maximum atomic E-state index is 14.2. The monoisotopic (exact) mass is 582 g/mol. The number of alkyl halides is 3. The summed E-state index contributed by atoms with van der Waals surface area (Å²) >= 11 is 0.778. The van der Waals surface area contributed by atoms with Crippen LogP contribution < -0.4 is 0 Å². The van der Waals surface area contributed by atoms with Crippen LogP contribution in [0.4, 0.5) is 17.6 Å². The second kappa shape index (κ2) is 11.1. The van der Waals surface area contributed by atoms with E-state index >= 15 is 0 Å². The summed E-state index contributed by atoms with van der Waals surface area (Å²) in [6.45, 7) is 3.83. The molecule has 0 N–H and O–H groups in total. The summed E-state index contributed by atoms with van der Waals surface area (Å²) in [6.07, 6.45) is 10.7. The van der Waals surface area contributed by atoms with Crippen LogP contribution in [0.25, 0.3) is 0 Å². The summed E-state index contributed by atoms with van der Waals surface area (Å²) in [7, 11) is 0. The van der Waals surface area contributed by atoms with Crippen molar-refractivity contribution in [3.8, 4) is 0 Å². The fraction of sp³-hybridized carbons (Fsp3) is 0.769. The average Bonchev–Trinajstić information content (AvgIpc) is 2.79. The van der Waals surface area contributed by atoms with Crippen molar-refractivity contribution in [1.82, 2.24) is 0 Å². The van der Waals surface area contributed by atoms with Crippen molar-refractivity contribution in [3.63, 3.8) is 0 Å². The molecule has 0 atom stereocenters. The van der Waals surface area contributed by atoms with Gasteiger partial charge >= 0.3 is 3.93 Å². The zero-order chi connectivity index (χ0) is 23.6. The van der Waals surface area contributed by atoms with E-state index in [1.165, 1.54) is 19.3 Å². The fourth-order valence-corrected chi connectivity index (χ4v) is 6.83. The predicted molar refractivity (Wildman–Crippen MR) is 129 cm³/mol. The van der Waals surface area contributed by atoms with Crippen molar-refractivity contribution in [3.05, 3.63) is 34.9 Å². The Hall–Kier alpha value is -0.410. The van der Waals surface area contributed by atoms with Gasteiger partial charge in [-0.2, -0.15) is 8.78 Å². The second-order valence-electron chi connectivity index (χ2n) is 10.3. The van der Waals surface area contributed by atoms with Crippen LogP contribution in [0.2, 0.25) is 0 Å². The third kappa shape index (κ3) is 6.24. The summed E-state index contributed by atoms with van der Waals surface area (Å²) in [4.78, 5) is 0. The van der Waals surface area contributed by atoms with E-state index in [0.717, 1.165) is 92.9 Å². The molecule has 1 heterocycles. The highest BCUT2D eigenvalue weighted by atomic mass is 127. The first-order valence-corrected chi connectivity index (χ1v) is 13.6. The van der Waals surface area contributed by atoms with Gasteiger partial charge in [-0.15, -0.1) is 0 Å². The van der Waals surface area contributed by atoms with Gasteiger partial charge < -0.3 is 9.47 Å². The molecule has 1 aromatic carbocycles. The number of hydrogen-bond acceptors (Lipinski definition) is 2. The highest BCUT2D eigenvalue weighted by molar-refractivity contribution is 14.1. The maximum Gasteiger partial charge on any atom is 0.327 e. The Balaban J connectivity index is 1.25. The summed E-state index contributed by atoms with van der Waals surface area (Å²) in [5, 5.41) is 0. The third-order valence-corrected chi connectivity index (χ3v) is 8.69. The Labute approximate surface area is 208 Å². The highest BCUT2D eigenvalue weighted by Gasteiger charge is 2.38. The van der Waals surface area contributed by atoms with Crippen LogP contribution in [-0.4, -0.2) is 19.5 Å². The Morgan fingerprint density at radius 3 is 1.82 bits per heavy atom. The van der Waals surface area contributed by atoms with Gasteiger partial charge in [-0.05, 0) is 93.2 Å². The van der Waals surface area contributed by atoms with E-state index in [-0.39, 0.29) is 12.2 Å². The van der Waals surface area contributed by atoms with E-state index in [1.54, 1.807) is 0 Å². The molecule has 186 valence electrons. The molecule has 1 aromatic rings. The minimum atomic E-state index is -3.55. The van der Waals surface area contributed by atoms with Gasteiger partial charge in [-0.3, -0.25) is 0 Å². The molecule has 0 aromatic heterocycles. The van der Waals surface area contributed by atoms with Crippen LogP contribution in [0.3, 0.4) is 0 Å². The highest BCUT2D eigenvalue weighted by Crippen LogP contribution is 2.46. The molecule has 3 fully saturated rings. The summed E-state index contributed by atoms with van der Waals surface area (Å²) < 4.78 is 64.0. The van der Waals surface area contributed by atoms with Crippen LogP contribution >= 0.6 is 22.6 Å². The van der Waals surface area contributed by atoms with Gasteiger partial charge in [0.2, 0.25) is 0 Å². The van der Waals surface area contributed by atoms with Crippen LogP contribution in [-0.2, 0) is 13.4 Å². The van der Waals surface area contributed by atoms with E-state index in [2.05, 4.69) is 6.92 Å². The molecule has 0 spiro atoms. The van der Waals surface area contributed by atoms with Gasteiger partial charge in [0.05, 0.1) is 13.2 Å².